The maximum Gasteiger partial charge on any atom is 0.335 e. The molecule has 0 saturated heterocycles. The van der Waals surface area contributed by atoms with Gasteiger partial charge in [-0.3, -0.25) is 4.79 Å². The van der Waals surface area contributed by atoms with Crippen molar-refractivity contribution >= 4 is 45.1 Å². The monoisotopic (exact) mass is 398 g/mol. The molecule has 1 N–H and O–H groups in total. The number of halogens is 1. The second-order valence-corrected chi connectivity index (χ2v) is 6.36. The third-order valence-corrected chi connectivity index (χ3v) is 4.31. The summed E-state index contributed by atoms with van der Waals surface area (Å²) in [6, 6.07) is 12.3. The van der Waals surface area contributed by atoms with Crippen molar-refractivity contribution in [3.05, 3.63) is 74.1 Å². The Labute approximate surface area is 152 Å². The van der Waals surface area contributed by atoms with Gasteiger partial charge in [0.05, 0.1) is 16.6 Å². The van der Waals surface area contributed by atoms with E-state index in [0.29, 0.717) is 17.6 Å². The Morgan fingerprint density at radius 1 is 1.24 bits per heavy atom. The zero-order valence-electron chi connectivity index (χ0n) is 13.4. The molecule has 25 heavy (non-hydrogen) atoms. The van der Waals surface area contributed by atoms with Gasteiger partial charge in [-0.15, -0.1) is 0 Å². The van der Waals surface area contributed by atoms with Crippen molar-refractivity contribution in [3.8, 4) is 0 Å². The van der Waals surface area contributed by atoms with Gasteiger partial charge in [-0.25, -0.2) is 9.78 Å². The minimum atomic E-state index is -1.02. The fourth-order valence-electron chi connectivity index (χ4n) is 2.61. The van der Waals surface area contributed by atoms with Crippen LogP contribution in [0.15, 0.2) is 51.7 Å². The molecule has 126 valence electrons. The number of benzene rings is 2. The van der Waals surface area contributed by atoms with Crippen LogP contribution in [0.2, 0.25) is 0 Å². The summed E-state index contributed by atoms with van der Waals surface area (Å²) in [5.74, 6) is -1.02. The number of nitrogens with zero attached hydrogens (tertiary/aromatic N) is 2. The molecule has 5 nitrogen and oxygen atoms in total. The summed E-state index contributed by atoms with van der Waals surface area (Å²) in [4.78, 5) is 28.2. The van der Waals surface area contributed by atoms with E-state index in [9.17, 15) is 9.59 Å². The molecule has 0 unspecified atom stereocenters. The van der Waals surface area contributed by atoms with E-state index in [1.54, 1.807) is 22.8 Å². The summed E-state index contributed by atoms with van der Waals surface area (Å²) in [7, 11) is 0. The van der Waals surface area contributed by atoms with Gasteiger partial charge < -0.3 is 9.67 Å². The molecule has 3 aromatic rings. The molecule has 0 aliphatic rings. The highest BCUT2D eigenvalue weighted by Crippen LogP contribution is 2.16. The lowest BCUT2D eigenvalue weighted by molar-refractivity contribution is 0.0697. The number of aromatic nitrogens is 2. The van der Waals surface area contributed by atoms with Crippen LogP contribution in [-0.2, 0) is 6.54 Å². The summed E-state index contributed by atoms with van der Waals surface area (Å²) in [6.45, 7) is 2.34. The number of carbonyl (C=O) groups is 1. The van der Waals surface area contributed by atoms with Crippen LogP contribution in [0.3, 0.4) is 0 Å². The molecule has 0 spiro atoms. The van der Waals surface area contributed by atoms with Crippen molar-refractivity contribution in [2.45, 2.75) is 13.5 Å². The van der Waals surface area contributed by atoms with Gasteiger partial charge in [-0.1, -0.05) is 34.1 Å². The Bertz CT molecular complexity index is 1050. The highest BCUT2D eigenvalue weighted by molar-refractivity contribution is 9.10. The predicted molar refractivity (Wildman–Crippen MR) is 102 cm³/mol. The van der Waals surface area contributed by atoms with E-state index in [1.807, 2.05) is 31.2 Å². The maximum absolute atomic E-state index is 12.6. The summed E-state index contributed by atoms with van der Waals surface area (Å²) in [6.07, 6.45) is 3.46. The molecular weight excluding hydrogens is 384 g/mol. The number of hydrogen-bond donors (Lipinski definition) is 1. The highest BCUT2D eigenvalue weighted by Gasteiger charge is 2.11. The van der Waals surface area contributed by atoms with Crippen LogP contribution in [-0.4, -0.2) is 20.6 Å². The van der Waals surface area contributed by atoms with Crippen LogP contribution in [0.1, 0.15) is 28.5 Å². The zero-order valence-corrected chi connectivity index (χ0v) is 15.0. The number of hydrogen-bond acceptors (Lipinski definition) is 3. The molecule has 0 radical (unpaired) electrons. The van der Waals surface area contributed by atoms with E-state index >= 15 is 0 Å². The van der Waals surface area contributed by atoms with Crippen molar-refractivity contribution in [2.24, 2.45) is 0 Å². The summed E-state index contributed by atoms with van der Waals surface area (Å²) >= 11 is 3.41. The third-order valence-electron chi connectivity index (χ3n) is 3.82. The molecule has 0 aliphatic carbocycles. The molecule has 3 rings (SSSR count). The molecule has 1 heterocycles. The Morgan fingerprint density at radius 2 is 2.04 bits per heavy atom. The fraction of sp³-hybridized carbons (Fsp3) is 0.105. The molecule has 0 fully saturated rings. The van der Waals surface area contributed by atoms with Crippen molar-refractivity contribution in [1.82, 2.24) is 9.55 Å². The third kappa shape index (κ3) is 3.53. The average molecular weight is 399 g/mol. The van der Waals surface area contributed by atoms with Crippen LogP contribution in [0, 0.1) is 0 Å². The molecule has 0 amide bonds. The summed E-state index contributed by atoms with van der Waals surface area (Å²) in [5, 5.41) is 9.16. The van der Waals surface area contributed by atoms with Crippen LogP contribution < -0.4 is 5.56 Å². The Kier molecular flexibility index (Phi) is 4.81. The van der Waals surface area contributed by atoms with Crippen molar-refractivity contribution in [1.29, 1.82) is 0 Å². The molecule has 2 aromatic carbocycles. The van der Waals surface area contributed by atoms with Crippen LogP contribution in [0.25, 0.3) is 23.2 Å². The van der Waals surface area contributed by atoms with Gasteiger partial charge in [0.2, 0.25) is 0 Å². The first-order chi connectivity index (χ1) is 12.0. The molecule has 0 bridgehead atoms. The Hall–Kier alpha value is -2.73. The first-order valence-electron chi connectivity index (χ1n) is 7.71. The molecular formula is C19H15BrN2O3. The van der Waals surface area contributed by atoms with Crippen molar-refractivity contribution < 1.29 is 9.90 Å². The van der Waals surface area contributed by atoms with Gasteiger partial charge in [-0.2, -0.15) is 0 Å². The lowest BCUT2D eigenvalue weighted by Gasteiger charge is -2.09. The van der Waals surface area contributed by atoms with E-state index in [0.717, 1.165) is 10.0 Å². The van der Waals surface area contributed by atoms with Gasteiger partial charge in [0, 0.05) is 11.0 Å². The smallest absolute Gasteiger partial charge is 0.335 e. The molecule has 6 heteroatoms. The van der Waals surface area contributed by atoms with E-state index in [4.69, 9.17) is 5.11 Å². The molecule has 1 aromatic heterocycles. The first kappa shape index (κ1) is 17.1. The number of aromatic carboxylic acids is 1. The van der Waals surface area contributed by atoms with Crippen LogP contribution >= 0.6 is 15.9 Å². The zero-order chi connectivity index (χ0) is 18.0. The van der Waals surface area contributed by atoms with Crippen molar-refractivity contribution in [3.63, 3.8) is 0 Å². The van der Waals surface area contributed by atoms with Crippen molar-refractivity contribution in [2.75, 3.05) is 0 Å². The van der Waals surface area contributed by atoms with Crippen LogP contribution in [0.4, 0.5) is 0 Å². The quantitative estimate of drug-likeness (QED) is 0.719. The normalized spacial score (nSPS) is 11.3. The number of aryl methyl sites for hydroxylation is 1. The maximum atomic E-state index is 12.6. The van der Waals surface area contributed by atoms with E-state index in [2.05, 4.69) is 20.9 Å². The molecule has 0 aliphatic heterocycles. The summed E-state index contributed by atoms with van der Waals surface area (Å²) in [5.41, 5.74) is 2.25. The number of rotatable bonds is 4. The lowest BCUT2D eigenvalue weighted by Crippen LogP contribution is -2.23. The van der Waals surface area contributed by atoms with Crippen LogP contribution in [0.5, 0.6) is 0 Å². The lowest BCUT2D eigenvalue weighted by atomic mass is 10.1. The Balaban J connectivity index is 2.15. The largest absolute Gasteiger partial charge is 0.478 e. The van der Waals surface area contributed by atoms with Gasteiger partial charge in [0.15, 0.2) is 0 Å². The van der Waals surface area contributed by atoms with E-state index < -0.39 is 5.97 Å². The van der Waals surface area contributed by atoms with Gasteiger partial charge >= 0.3 is 5.97 Å². The number of carboxylic acid groups (broad SMARTS) is 1. The number of fused-ring (bicyclic) bond motifs is 1. The Morgan fingerprint density at radius 3 is 2.72 bits per heavy atom. The van der Waals surface area contributed by atoms with Gasteiger partial charge in [-0.05, 0) is 48.9 Å². The highest BCUT2D eigenvalue weighted by atomic mass is 79.9. The topological polar surface area (TPSA) is 72.2 Å². The second-order valence-electron chi connectivity index (χ2n) is 5.44. The minimum absolute atomic E-state index is 0.142. The van der Waals surface area contributed by atoms with Gasteiger partial charge in [0.25, 0.3) is 5.56 Å². The summed E-state index contributed by atoms with van der Waals surface area (Å²) < 4.78 is 2.53. The standard InChI is InChI=1S/C19H15BrN2O3/c1-2-22-17-9-7-13(19(24)25)11-16(17)21-15(18(22)23)8-6-12-4-3-5-14(20)10-12/h3-11H,2H2,1H3,(H,24,25)/b8-6+. The average Bonchev–Trinajstić information content (AvgIpc) is 2.59. The molecule has 0 saturated carbocycles. The van der Waals surface area contributed by atoms with E-state index in [-0.39, 0.29) is 16.8 Å². The molecule has 0 atom stereocenters. The van der Waals surface area contributed by atoms with Gasteiger partial charge in [0.1, 0.15) is 5.69 Å². The van der Waals surface area contributed by atoms with E-state index in [1.165, 1.54) is 12.1 Å². The predicted octanol–water partition coefficient (Wildman–Crippen LogP) is 4.05. The minimum Gasteiger partial charge on any atom is -0.478 e. The SMILES string of the molecule is CCn1c(=O)c(/C=C/c2cccc(Br)c2)nc2cc(C(=O)O)ccc21. The fourth-order valence-corrected chi connectivity index (χ4v) is 3.02. The first-order valence-corrected chi connectivity index (χ1v) is 8.50. The second kappa shape index (κ2) is 7.03. The number of carboxylic acids is 1.